The largest absolute Gasteiger partial charge is 0.345 e. The predicted molar refractivity (Wildman–Crippen MR) is 96.7 cm³/mol. The Bertz CT molecular complexity index is 770. The summed E-state index contributed by atoms with van der Waals surface area (Å²) in [6, 6.07) is 10.4. The molecule has 0 radical (unpaired) electrons. The first-order valence-electron chi connectivity index (χ1n) is 7.53. The third kappa shape index (κ3) is 4.14. The molecule has 0 aromatic heterocycles. The average Bonchev–Trinajstić information content (AvgIpc) is 2.53. The highest BCUT2D eigenvalue weighted by molar-refractivity contribution is 7.98. The van der Waals surface area contributed by atoms with Gasteiger partial charge in [0.15, 0.2) is 0 Å². The molecule has 126 valence electrons. The van der Waals surface area contributed by atoms with Crippen LogP contribution in [0.2, 0.25) is 0 Å². The molecule has 0 saturated heterocycles. The Morgan fingerprint density at radius 1 is 1.17 bits per heavy atom. The van der Waals surface area contributed by atoms with Crippen LogP contribution in [0.3, 0.4) is 0 Å². The summed E-state index contributed by atoms with van der Waals surface area (Å²) in [4.78, 5) is 24.0. The van der Waals surface area contributed by atoms with Crippen LogP contribution in [0, 0.1) is 24.0 Å². The number of hydrogen-bond acceptors (Lipinski definition) is 4. The van der Waals surface area contributed by atoms with Crippen molar-refractivity contribution < 1.29 is 9.72 Å². The SMILES string of the molecule is CSc1ccc([N+](=O)[O-])c(C(=O)NC(C)c2cc(C)cc(C)c2)c1. The van der Waals surface area contributed by atoms with Gasteiger partial charge in [-0.2, -0.15) is 0 Å². The van der Waals surface area contributed by atoms with E-state index in [-0.39, 0.29) is 17.3 Å². The van der Waals surface area contributed by atoms with E-state index in [1.54, 1.807) is 12.1 Å². The first-order chi connectivity index (χ1) is 11.3. The number of nitrogens with one attached hydrogen (secondary N) is 1. The fourth-order valence-electron chi connectivity index (χ4n) is 2.60. The molecule has 6 heteroatoms. The molecule has 1 atom stereocenters. The van der Waals surface area contributed by atoms with Crippen molar-refractivity contribution in [2.24, 2.45) is 0 Å². The number of thioether (sulfide) groups is 1. The zero-order valence-corrected chi connectivity index (χ0v) is 14.9. The van der Waals surface area contributed by atoms with Crippen LogP contribution in [-0.4, -0.2) is 17.1 Å². The van der Waals surface area contributed by atoms with Gasteiger partial charge in [0.25, 0.3) is 11.6 Å². The van der Waals surface area contributed by atoms with E-state index in [2.05, 4.69) is 11.4 Å². The third-order valence-corrected chi connectivity index (χ3v) is 4.46. The minimum Gasteiger partial charge on any atom is -0.345 e. The molecular formula is C18H20N2O3S. The Hall–Kier alpha value is -2.34. The fraction of sp³-hybridized carbons (Fsp3) is 0.278. The summed E-state index contributed by atoms with van der Waals surface area (Å²) in [6.45, 7) is 5.87. The lowest BCUT2D eigenvalue weighted by atomic mass is 10.0. The van der Waals surface area contributed by atoms with E-state index in [9.17, 15) is 14.9 Å². The van der Waals surface area contributed by atoms with Crippen molar-refractivity contribution in [2.45, 2.75) is 31.7 Å². The smallest absolute Gasteiger partial charge is 0.282 e. The number of nitro benzene ring substituents is 1. The first-order valence-corrected chi connectivity index (χ1v) is 8.75. The van der Waals surface area contributed by atoms with Crippen molar-refractivity contribution in [1.29, 1.82) is 0 Å². The number of benzene rings is 2. The number of aryl methyl sites for hydroxylation is 2. The van der Waals surface area contributed by atoms with Crippen LogP contribution in [0.5, 0.6) is 0 Å². The highest BCUT2D eigenvalue weighted by Gasteiger charge is 2.22. The molecule has 0 heterocycles. The fourth-order valence-corrected chi connectivity index (χ4v) is 3.04. The van der Waals surface area contributed by atoms with Crippen LogP contribution in [0.25, 0.3) is 0 Å². The Morgan fingerprint density at radius 3 is 2.33 bits per heavy atom. The summed E-state index contributed by atoms with van der Waals surface area (Å²) < 4.78 is 0. The lowest BCUT2D eigenvalue weighted by molar-refractivity contribution is -0.385. The molecule has 1 amide bonds. The van der Waals surface area contributed by atoms with E-state index in [0.29, 0.717) is 0 Å². The highest BCUT2D eigenvalue weighted by atomic mass is 32.2. The lowest BCUT2D eigenvalue weighted by Crippen LogP contribution is -2.27. The summed E-state index contributed by atoms with van der Waals surface area (Å²) in [5.74, 6) is -0.441. The van der Waals surface area contributed by atoms with Crippen LogP contribution < -0.4 is 5.32 Å². The normalized spacial score (nSPS) is 11.8. The molecule has 1 N–H and O–H groups in total. The second kappa shape index (κ2) is 7.49. The molecule has 0 aliphatic heterocycles. The quantitative estimate of drug-likeness (QED) is 0.495. The van der Waals surface area contributed by atoms with Gasteiger partial charge in [0.05, 0.1) is 11.0 Å². The van der Waals surface area contributed by atoms with Crippen molar-refractivity contribution in [1.82, 2.24) is 5.32 Å². The van der Waals surface area contributed by atoms with Crippen LogP contribution in [0.4, 0.5) is 5.69 Å². The van der Waals surface area contributed by atoms with Crippen molar-refractivity contribution in [3.05, 3.63) is 68.8 Å². The standard InChI is InChI=1S/C18H20N2O3S/c1-11-7-12(2)9-14(8-11)13(3)19-18(21)16-10-15(24-4)5-6-17(16)20(22)23/h5-10,13H,1-4H3,(H,19,21). The number of carbonyl (C=O) groups is 1. The molecule has 5 nitrogen and oxygen atoms in total. The molecule has 2 rings (SSSR count). The molecular weight excluding hydrogens is 324 g/mol. The molecule has 0 bridgehead atoms. The van der Waals surface area contributed by atoms with Gasteiger partial charge in [-0.1, -0.05) is 29.3 Å². The maximum Gasteiger partial charge on any atom is 0.282 e. The van der Waals surface area contributed by atoms with Gasteiger partial charge in [0.1, 0.15) is 5.56 Å². The lowest BCUT2D eigenvalue weighted by Gasteiger charge is -2.16. The highest BCUT2D eigenvalue weighted by Crippen LogP contribution is 2.26. The van der Waals surface area contributed by atoms with Gasteiger partial charge in [0, 0.05) is 11.0 Å². The number of rotatable bonds is 5. The minimum absolute atomic E-state index is 0.0862. The summed E-state index contributed by atoms with van der Waals surface area (Å²) in [5.41, 5.74) is 3.11. The molecule has 2 aromatic rings. The molecule has 0 fully saturated rings. The van der Waals surface area contributed by atoms with E-state index in [4.69, 9.17) is 0 Å². The van der Waals surface area contributed by atoms with Crippen LogP contribution in [0.15, 0.2) is 41.3 Å². The molecule has 1 unspecified atom stereocenters. The van der Waals surface area contributed by atoms with Crippen LogP contribution in [-0.2, 0) is 0 Å². The Kier molecular flexibility index (Phi) is 5.62. The molecule has 0 aliphatic carbocycles. The van der Waals surface area contributed by atoms with Gasteiger partial charge in [-0.3, -0.25) is 14.9 Å². The maximum absolute atomic E-state index is 12.6. The molecule has 0 spiro atoms. The molecule has 0 saturated carbocycles. The van der Waals surface area contributed by atoms with E-state index in [1.165, 1.54) is 17.8 Å². The van der Waals surface area contributed by atoms with E-state index in [0.717, 1.165) is 21.6 Å². The number of nitro groups is 1. The zero-order chi connectivity index (χ0) is 17.9. The monoisotopic (exact) mass is 344 g/mol. The summed E-state index contributed by atoms with van der Waals surface area (Å²) >= 11 is 1.44. The van der Waals surface area contributed by atoms with E-state index >= 15 is 0 Å². The van der Waals surface area contributed by atoms with E-state index in [1.807, 2.05) is 39.2 Å². The second-order valence-electron chi connectivity index (χ2n) is 5.76. The van der Waals surface area contributed by atoms with Gasteiger partial charge in [-0.05, 0) is 44.7 Å². The number of hydrogen-bond donors (Lipinski definition) is 1. The van der Waals surface area contributed by atoms with Gasteiger partial charge in [-0.25, -0.2) is 0 Å². The third-order valence-electron chi connectivity index (χ3n) is 3.74. The zero-order valence-electron chi connectivity index (χ0n) is 14.1. The summed E-state index contributed by atoms with van der Waals surface area (Å²) in [5, 5.41) is 14.1. The number of amides is 1. The van der Waals surface area contributed by atoms with Crippen LogP contribution >= 0.6 is 11.8 Å². The number of carbonyl (C=O) groups excluding carboxylic acids is 1. The van der Waals surface area contributed by atoms with E-state index < -0.39 is 10.8 Å². The topological polar surface area (TPSA) is 72.2 Å². The Morgan fingerprint density at radius 2 is 1.79 bits per heavy atom. The van der Waals surface area contributed by atoms with Gasteiger partial charge in [0.2, 0.25) is 0 Å². The summed E-state index contributed by atoms with van der Waals surface area (Å²) in [6.07, 6.45) is 1.86. The molecule has 0 aliphatic rings. The Labute approximate surface area is 145 Å². The molecule has 2 aromatic carbocycles. The van der Waals surface area contributed by atoms with Gasteiger partial charge < -0.3 is 5.32 Å². The minimum atomic E-state index is -0.527. The first kappa shape index (κ1) is 18.0. The predicted octanol–water partition coefficient (Wildman–Crippen LogP) is 4.42. The second-order valence-corrected chi connectivity index (χ2v) is 6.64. The molecule has 24 heavy (non-hydrogen) atoms. The van der Waals surface area contributed by atoms with Crippen molar-refractivity contribution in [3.63, 3.8) is 0 Å². The van der Waals surface area contributed by atoms with Crippen molar-refractivity contribution in [3.8, 4) is 0 Å². The average molecular weight is 344 g/mol. The van der Waals surface area contributed by atoms with Crippen molar-refractivity contribution >= 4 is 23.4 Å². The summed E-state index contributed by atoms with van der Waals surface area (Å²) in [7, 11) is 0. The van der Waals surface area contributed by atoms with Crippen molar-refractivity contribution in [2.75, 3.05) is 6.26 Å². The van der Waals surface area contributed by atoms with Crippen LogP contribution in [0.1, 0.15) is 40.0 Å². The maximum atomic E-state index is 12.6. The number of nitrogens with zero attached hydrogens (tertiary/aromatic N) is 1. The Balaban J connectivity index is 2.30. The van der Waals surface area contributed by atoms with Gasteiger partial charge in [-0.15, -0.1) is 11.8 Å². The van der Waals surface area contributed by atoms with Gasteiger partial charge >= 0.3 is 0 Å².